The number of ether oxygens (including phenoxy) is 1. The van der Waals surface area contributed by atoms with Gasteiger partial charge in [-0.3, -0.25) is 4.79 Å². The Hall–Kier alpha value is -1.20. The van der Waals surface area contributed by atoms with E-state index in [0.29, 0.717) is 12.0 Å². The summed E-state index contributed by atoms with van der Waals surface area (Å²) in [6, 6.07) is 6.82. The molecule has 0 saturated carbocycles. The van der Waals surface area contributed by atoms with Crippen molar-refractivity contribution in [2.45, 2.75) is 122 Å². The van der Waals surface area contributed by atoms with Gasteiger partial charge in [0.2, 0.25) is 0 Å². The molecule has 0 aromatic heterocycles. The third kappa shape index (κ3) is 17.0. The number of halogens is 1. The predicted octanol–water partition coefficient (Wildman–Crippen LogP) is 8.19. The topological polar surface area (TPSA) is 63.6 Å². The summed E-state index contributed by atoms with van der Waals surface area (Å²) in [7, 11) is 0. The highest BCUT2D eigenvalue weighted by molar-refractivity contribution is 9.10. The van der Waals surface area contributed by atoms with Crippen LogP contribution in [0.25, 0.3) is 0 Å². The molecule has 1 rings (SSSR count). The highest BCUT2D eigenvalue weighted by Crippen LogP contribution is 2.15. The number of unbranched alkanes of at least 4 members (excludes halogenated alkanes) is 14. The number of Topliss-reactive ketones (excluding diaryl/α,β-unsaturated/α-hetero) is 1. The molecule has 4 nitrogen and oxygen atoms in total. The third-order valence-electron chi connectivity index (χ3n) is 6.01. The van der Waals surface area contributed by atoms with Crippen LogP contribution >= 0.6 is 15.9 Å². The number of carbonyl (C=O) groups is 2. The van der Waals surface area contributed by atoms with Crippen molar-refractivity contribution in [3.05, 3.63) is 34.3 Å². The van der Waals surface area contributed by atoms with Crippen molar-refractivity contribution in [2.75, 3.05) is 6.61 Å². The first-order valence-electron chi connectivity index (χ1n) is 13.2. The monoisotopic (exact) mass is 524 g/mol. The van der Waals surface area contributed by atoms with E-state index in [-0.39, 0.29) is 18.8 Å². The van der Waals surface area contributed by atoms with Gasteiger partial charge in [0.15, 0.2) is 0 Å². The highest BCUT2D eigenvalue weighted by atomic mass is 79.9. The summed E-state index contributed by atoms with van der Waals surface area (Å²) in [4.78, 5) is 24.0. The van der Waals surface area contributed by atoms with Gasteiger partial charge in [-0.2, -0.15) is 0 Å². The van der Waals surface area contributed by atoms with Gasteiger partial charge in [0.25, 0.3) is 0 Å². The fourth-order valence-electron chi connectivity index (χ4n) is 3.96. The van der Waals surface area contributed by atoms with Crippen LogP contribution < -0.4 is 0 Å². The Labute approximate surface area is 210 Å². The molecule has 0 heterocycles. The van der Waals surface area contributed by atoms with Crippen molar-refractivity contribution in [3.8, 4) is 0 Å². The van der Waals surface area contributed by atoms with Crippen LogP contribution in [0.5, 0.6) is 0 Å². The van der Waals surface area contributed by atoms with Gasteiger partial charge in [-0.15, -0.1) is 0 Å². The van der Waals surface area contributed by atoms with Crippen LogP contribution in [0.2, 0.25) is 0 Å². The Bertz CT molecular complexity index is 629. The number of esters is 1. The van der Waals surface area contributed by atoms with Crippen LogP contribution in [-0.2, 0) is 9.53 Å². The second kappa shape index (κ2) is 20.2. The molecule has 1 aromatic carbocycles. The maximum atomic E-state index is 12.0. The first-order chi connectivity index (χ1) is 16.0. The first-order valence-corrected chi connectivity index (χ1v) is 13.9. The molecule has 0 aliphatic heterocycles. The van der Waals surface area contributed by atoms with Crippen molar-refractivity contribution in [3.63, 3.8) is 0 Å². The number of hydrogen-bond acceptors (Lipinski definition) is 4. The molecule has 0 unspecified atom stereocenters. The zero-order chi connectivity index (χ0) is 24.2. The Balaban J connectivity index is 1.90. The summed E-state index contributed by atoms with van der Waals surface area (Å²) in [5.74, 6) is -0.451. The number of aliphatic hydroxyl groups excluding tert-OH is 1. The Kier molecular flexibility index (Phi) is 18.3. The maximum Gasteiger partial charge on any atom is 0.338 e. The minimum atomic E-state index is -0.937. The molecular formula is C28H45BrO4. The lowest BCUT2D eigenvalue weighted by Crippen LogP contribution is -2.22. The molecule has 0 spiro atoms. The normalized spacial score (nSPS) is 12.0. The van der Waals surface area contributed by atoms with Crippen LogP contribution in [0.1, 0.15) is 126 Å². The lowest BCUT2D eigenvalue weighted by atomic mass is 10.0. The van der Waals surface area contributed by atoms with Crippen molar-refractivity contribution in [2.24, 2.45) is 0 Å². The molecule has 0 aliphatic rings. The summed E-state index contributed by atoms with van der Waals surface area (Å²) >= 11 is 3.31. The Morgan fingerprint density at radius 3 is 1.73 bits per heavy atom. The largest absolute Gasteiger partial charge is 0.459 e. The second-order valence-corrected chi connectivity index (χ2v) is 10.1. The van der Waals surface area contributed by atoms with Gasteiger partial charge in [0.05, 0.1) is 11.7 Å². The lowest BCUT2D eigenvalue weighted by molar-refractivity contribution is -0.121. The van der Waals surface area contributed by atoms with Crippen LogP contribution in [0.15, 0.2) is 28.7 Å². The Morgan fingerprint density at radius 1 is 0.788 bits per heavy atom. The summed E-state index contributed by atoms with van der Waals surface area (Å²) in [5, 5.41) is 9.98. The molecule has 33 heavy (non-hydrogen) atoms. The van der Waals surface area contributed by atoms with Crippen LogP contribution in [0, 0.1) is 0 Å². The summed E-state index contributed by atoms with van der Waals surface area (Å²) in [6.07, 6.45) is 19.1. The van der Waals surface area contributed by atoms with E-state index in [9.17, 15) is 14.7 Å². The van der Waals surface area contributed by atoms with E-state index in [4.69, 9.17) is 4.74 Å². The van der Waals surface area contributed by atoms with Crippen molar-refractivity contribution >= 4 is 27.7 Å². The van der Waals surface area contributed by atoms with E-state index in [1.165, 1.54) is 83.5 Å². The maximum absolute atomic E-state index is 12.0. The molecule has 0 aliphatic carbocycles. The van der Waals surface area contributed by atoms with E-state index in [1.807, 2.05) is 0 Å². The van der Waals surface area contributed by atoms with Gasteiger partial charge in [-0.1, -0.05) is 113 Å². The lowest BCUT2D eigenvalue weighted by Gasteiger charge is -2.11. The van der Waals surface area contributed by atoms with Gasteiger partial charge in [0.1, 0.15) is 12.4 Å². The van der Waals surface area contributed by atoms with Crippen molar-refractivity contribution in [1.82, 2.24) is 0 Å². The average Bonchev–Trinajstić information content (AvgIpc) is 2.80. The quantitative estimate of drug-likeness (QED) is 0.130. The molecule has 0 bridgehead atoms. The molecule has 1 aromatic rings. The van der Waals surface area contributed by atoms with Crippen molar-refractivity contribution < 1.29 is 19.4 Å². The predicted molar refractivity (Wildman–Crippen MR) is 140 cm³/mol. The number of ketones is 1. The van der Waals surface area contributed by atoms with Crippen LogP contribution in [-0.4, -0.2) is 29.6 Å². The SMILES string of the molecule is CCCCCCCCCCCCCCCCCC(=O)C[C@@H](O)COC(=O)c1ccc(Br)cc1. The van der Waals surface area contributed by atoms with Gasteiger partial charge in [0, 0.05) is 17.3 Å². The zero-order valence-electron chi connectivity index (χ0n) is 20.7. The average molecular weight is 526 g/mol. The molecule has 0 saturated heterocycles. The Morgan fingerprint density at radius 2 is 1.24 bits per heavy atom. The molecule has 0 fully saturated rings. The molecule has 0 radical (unpaired) electrons. The fourth-order valence-corrected chi connectivity index (χ4v) is 4.22. The summed E-state index contributed by atoms with van der Waals surface area (Å²) in [5.41, 5.74) is 0.425. The van der Waals surface area contributed by atoms with Gasteiger partial charge in [-0.05, 0) is 30.7 Å². The fraction of sp³-hybridized carbons (Fsp3) is 0.714. The third-order valence-corrected chi connectivity index (χ3v) is 6.54. The van der Waals surface area contributed by atoms with Gasteiger partial charge >= 0.3 is 5.97 Å². The number of carbonyl (C=O) groups excluding carboxylic acids is 2. The smallest absolute Gasteiger partial charge is 0.338 e. The molecular weight excluding hydrogens is 480 g/mol. The molecule has 0 amide bonds. The molecule has 188 valence electrons. The number of aliphatic hydroxyl groups is 1. The van der Waals surface area contributed by atoms with E-state index in [2.05, 4.69) is 22.9 Å². The minimum Gasteiger partial charge on any atom is -0.459 e. The first kappa shape index (κ1) is 29.8. The van der Waals surface area contributed by atoms with Crippen LogP contribution in [0.4, 0.5) is 0 Å². The van der Waals surface area contributed by atoms with Crippen LogP contribution in [0.3, 0.4) is 0 Å². The number of rotatable bonds is 21. The molecule has 1 N–H and O–H groups in total. The molecule has 1 atom stereocenters. The highest BCUT2D eigenvalue weighted by Gasteiger charge is 2.14. The number of benzene rings is 1. The van der Waals surface area contributed by atoms with E-state index < -0.39 is 12.1 Å². The van der Waals surface area contributed by atoms with E-state index in [0.717, 1.165) is 17.3 Å². The standard InChI is InChI=1S/C28H45BrO4/c1-2-3-4-5-6-7-8-9-10-11-12-13-14-15-16-17-26(30)22-27(31)23-33-28(32)24-18-20-25(29)21-19-24/h18-21,27,31H,2-17,22-23H2,1H3/t27-/m1/s1. The summed E-state index contributed by atoms with van der Waals surface area (Å²) in [6.45, 7) is 2.11. The minimum absolute atomic E-state index is 0.0388. The zero-order valence-corrected chi connectivity index (χ0v) is 22.3. The second-order valence-electron chi connectivity index (χ2n) is 9.20. The van der Waals surface area contributed by atoms with Gasteiger partial charge < -0.3 is 9.84 Å². The number of hydrogen-bond donors (Lipinski definition) is 1. The summed E-state index contributed by atoms with van der Waals surface area (Å²) < 4.78 is 5.98. The van der Waals surface area contributed by atoms with Crippen molar-refractivity contribution in [1.29, 1.82) is 0 Å². The van der Waals surface area contributed by atoms with E-state index in [1.54, 1.807) is 24.3 Å². The van der Waals surface area contributed by atoms with E-state index >= 15 is 0 Å². The molecule has 5 heteroatoms. The van der Waals surface area contributed by atoms with Gasteiger partial charge in [-0.25, -0.2) is 4.79 Å².